The van der Waals surface area contributed by atoms with Crippen molar-refractivity contribution in [3.05, 3.63) is 54.1 Å². The highest BCUT2D eigenvalue weighted by Crippen LogP contribution is 2.11. The van der Waals surface area contributed by atoms with Gasteiger partial charge in [0, 0.05) is 58.3 Å². The molecule has 5 nitrogen and oxygen atoms in total. The van der Waals surface area contributed by atoms with Crippen LogP contribution in [0.2, 0.25) is 0 Å². The van der Waals surface area contributed by atoms with E-state index < -0.39 is 0 Å². The molecule has 1 saturated heterocycles. The lowest BCUT2D eigenvalue weighted by Gasteiger charge is -2.27. The molecule has 1 aromatic carbocycles. The second kappa shape index (κ2) is 9.13. The number of rotatable bonds is 7. The van der Waals surface area contributed by atoms with Crippen LogP contribution in [0.1, 0.15) is 17.8 Å². The Morgan fingerprint density at radius 1 is 1.28 bits per heavy atom. The molecule has 3 rings (SSSR count). The Balaban J connectivity index is 1.48. The first kappa shape index (κ1) is 18.1. The van der Waals surface area contributed by atoms with Crippen molar-refractivity contribution >= 4 is 0 Å². The molecule has 0 amide bonds. The molecule has 136 valence electrons. The van der Waals surface area contributed by atoms with Gasteiger partial charge in [-0.25, -0.2) is 4.98 Å². The van der Waals surface area contributed by atoms with Crippen LogP contribution in [0.25, 0.3) is 0 Å². The van der Waals surface area contributed by atoms with E-state index in [1.807, 2.05) is 12.4 Å². The van der Waals surface area contributed by atoms with Gasteiger partial charge in [0.25, 0.3) is 0 Å². The Kier molecular flexibility index (Phi) is 6.62. The number of ether oxygens (including phenoxy) is 1. The van der Waals surface area contributed by atoms with Gasteiger partial charge in [0.15, 0.2) is 0 Å². The van der Waals surface area contributed by atoms with Crippen molar-refractivity contribution in [3.8, 4) is 0 Å². The standard InChI is InChI=1S/C20H30N4O/c1-18-21-9-11-24(18)13-12-22(2)16-20-17-23(10-6-14-25-20)15-19-7-4-3-5-8-19/h3-5,7-9,11,20H,6,10,12-17H2,1-2H3/t20-/m1/s1. The zero-order valence-electron chi connectivity index (χ0n) is 15.5. The van der Waals surface area contributed by atoms with Crippen LogP contribution in [0, 0.1) is 6.92 Å². The van der Waals surface area contributed by atoms with E-state index >= 15 is 0 Å². The Labute approximate surface area is 151 Å². The number of hydrogen-bond acceptors (Lipinski definition) is 4. The predicted molar refractivity (Wildman–Crippen MR) is 101 cm³/mol. The van der Waals surface area contributed by atoms with Gasteiger partial charge in [-0.05, 0) is 26.0 Å². The van der Waals surface area contributed by atoms with Crippen LogP contribution >= 0.6 is 0 Å². The van der Waals surface area contributed by atoms with Gasteiger partial charge in [-0.1, -0.05) is 30.3 Å². The molecule has 0 unspecified atom stereocenters. The SMILES string of the molecule is Cc1nccn1CCN(C)C[C@@H]1CN(Cc2ccccc2)CCCO1. The van der Waals surface area contributed by atoms with Gasteiger partial charge in [-0.2, -0.15) is 0 Å². The summed E-state index contributed by atoms with van der Waals surface area (Å²) in [4.78, 5) is 9.19. The maximum absolute atomic E-state index is 6.10. The number of nitrogens with zero attached hydrogens (tertiary/aromatic N) is 4. The monoisotopic (exact) mass is 342 g/mol. The van der Waals surface area contributed by atoms with Crippen LogP contribution < -0.4 is 0 Å². The summed E-state index contributed by atoms with van der Waals surface area (Å²) in [5.41, 5.74) is 1.38. The third-order valence-electron chi connectivity index (χ3n) is 4.84. The third kappa shape index (κ3) is 5.66. The summed E-state index contributed by atoms with van der Waals surface area (Å²) >= 11 is 0. The van der Waals surface area contributed by atoms with Crippen molar-refractivity contribution in [1.29, 1.82) is 0 Å². The highest BCUT2D eigenvalue weighted by Gasteiger charge is 2.20. The molecule has 1 fully saturated rings. The molecule has 0 bridgehead atoms. The molecule has 0 spiro atoms. The molecule has 2 aromatic rings. The average molecular weight is 342 g/mol. The smallest absolute Gasteiger partial charge is 0.105 e. The van der Waals surface area contributed by atoms with Gasteiger partial charge in [-0.3, -0.25) is 4.90 Å². The molecular formula is C20H30N4O. The van der Waals surface area contributed by atoms with Gasteiger partial charge in [0.1, 0.15) is 5.82 Å². The lowest BCUT2D eigenvalue weighted by molar-refractivity contribution is 0.0306. The van der Waals surface area contributed by atoms with E-state index in [2.05, 4.69) is 63.7 Å². The van der Waals surface area contributed by atoms with Crippen LogP contribution in [0.5, 0.6) is 0 Å². The minimum Gasteiger partial charge on any atom is -0.376 e. The molecule has 1 aliphatic rings. The predicted octanol–water partition coefficient (Wildman–Crippen LogP) is 2.41. The lowest BCUT2D eigenvalue weighted by Crippen LogP contribution is -2.39. The first-order valence-electron chi connectivity index (χ1n) is 9.25. The maximum Gasteiger partial charge on any atom is 0.105 e. The third-order valence-corrected chi connectivity index (χ3v) is 4.84. The summed E-state index contributed by atoms with van der Waals surface area (Å²) in [7, 11) is 2.18. The molecule has 2 heterocycles. The van der Waals surface area contributed by atoms with E-state index in [0.717, 1.165) is 58.1 Å². The summed E-state index contributed by atoms with van der Waals surface area (Å²) in [6.07, 6.45) is 5.31. The number of aryl methyl sites for hydroxylation is 1. The van der Waals surface area contributed by atoms with Crippen molar-refractivity contribution in [2.75, 3.05) is 39.8 Å². The molecule has 1 aromatic heterocycles. The van der Waals surface area contributed by atoms with Crippen LogP contribution in [-0.4, -0.2) is 65.3 Å². The molecule has 0 saturated carbocycles. The van der Waals surface area contributed by atoms with Crippen molar-refractivity contribution < 1.29 is 4.74 Å². The Bertz CT molecular complexity index is 628. The molecule has 1 atom stereocenters. The van der Waals surface area contributed by atoms with Crippen molar-refractivity contribution in [1.82, 2.24) is 19.4 Å². The quantitative estimate of drug-likeness (QED) is 0.774. The largest absolute Gasteiger partial charge is 0.376 e. The Morgan fingerprint density at radius 3 is 2.88 bits per heavy atom. The first-order chi connectivity index (χ1) is 12.2. The number of benzene rings is 1. The van der Waals surface area contributed by atoms with E-state index in [9.17, 15) is 0 Å². The van der Waals surface area contributed by atoms with E-state index in [4.69, 9.17) is 4.74 Å². The molecule has 5 heteroatoms. The second-order valence-corrected chi connectivity index (χ2v) is 7.00. The number of likely N-dealkylation sites (N-methyl/N-ethyl adjacent to an activating group) is 1. The highest BCUT2D eigenvalue weighted by molar-refractivity contribution is 5.14. The highest BCUT2D eigenvalue weighted by atomic mass is 16.5. The molecule has 0 aliphatic carbocycles. The minimum atomic E-state index is 0.278. The average Bonchev–Trinajstić information content (AvgIpc) is 2.89. The van der Waals surface area contributed by atoms with Crippen LogP contribution in [-0.2, 0) is 17.8 Å². The Hall–Kier alpha value is -1.69. The van der Waals surface area contributed by atoms with Crippen molar-refractivity contribution in [3.63, 3.8) is 0 Å². The molecule has 1 aliphatic heterocycles. The molecule has 25 heavy (non-hydrogen) atoms. The zero-order valence-corrected chi connectivity index (χ0v) is 15.5. The number of hydrogen-bond donors (Lipinski definition) is 0. The summed E-state index contributed by atoms with van der Waals surface area (Å²) in [6, 6.07) is 10.7. The first-order valence-corrected chi connectivity index (χ1v) is 9.25. The fraction of sp³-hybridized carbons (Fsp3) is 0.550. The van der Waals surface area contributed by atoms with E-state index in [1.54, 1.807) is 0 Å². The second-order valence-electron chi connectivity index (χ2n) is 7.00. The maximum atomic E-state index is 6.10. The summed E-state index contributed by atoms with van der Waals surface area (Å²) in [5, 5.41) is 0. The molecule has 0 N–H and O–H groups in total. The van der Waals surface area contributed by atoms with Gasteiger partial charge in [-0.15, -0.1) is 0 Å². The summed E-state index contributed by atoms with van der Waals surface area (Å²) < 4.78 is 8.30. The fourth-order valence-corrected chi connectivity index (χ4v) is 3.42. The topological polar surface area (TPSA) is 33.5 Å². The van der Waals surface area contributed by atoms with E-state index in [1.165, 1.54) is 5.56 Å². The van der Waals surface area contributed by atoms with Gasteiger partial charge in [0.2, 0.25) is 0 Å². The van der Waals surface area contributed by atoms with Crippen molar-refractivity contribution in [2.45, 2.75) is 32.5 Å². The van der Waals surface area contributed by atoms with E-state index in [-0.39, 0.29) is 6.10 Å². The normalized spacial score (nSPS) is 19.2. The fourth-order valence-electron chi connectivity index (χ4n) is 3.42. The van der Waals surface area contributed by atoms with Gasteiger partial charge in [0.05, 0.1) is 6.10 Å². The van der Waals surface area contributed by atoms with Gasteiger partial charge >= 0.3 is 0 Å². The number of aromatic nitrogens is 2. The summed E-state index contributed by atoms with van der Waals surface area (Å²) in [6.45, 7) is 9.00. The molecule has 0 radical (unpaired) electrons. The van der Waals surface area contributed by atoms with Crippen LogP contribution in [0.4, 0.5) is 0 Å². The summed E-state index contributed by atoms with van der Waals surface area (Å²) in [5.74, 6) is 1.08. The minimum absolute atomic E-state index is 0.278. The van der Waals surface area contributed by atoms with Crippen molar-refractivity contribution in [2.24, 2.45) is 0 Å². The van der Waals surface area contributed by atoms with Gasteiger partial charge < -0.3 is 14.2 Å². The zero-order chi connectivity index (χ0) is 17.5. The number of imidazole rings is 1. The lowest BCUT2D eigenvalue weighted by atomic mass is 10.2. The van der Waals surface area contributed by atoms with Crippen LogP contribution in [0.15, 0.2) is 42.7 Å². The van der Waals surface area contributed by atoms with E-state index in [0.29, 0.717) is 0 Å². The Morgan fingerprint density at radius 2 is 2.12 bits per heavy atom. The van der Waals surface area contributed by atoms with Crippen LogP contribution in [0.3, 0.4) is 0 Å². The molecular weight excluding hydrogens is 312 g/mol.